The number of halogens is 2. The number of unbranched alkanes of at least 4 members (excludes halogenated alkanes) is 2. The standard InChI is InChI=1S/C37H50F2O4/c1-4-5-6-7-30-16-17-31(20-35(30)38)27-12-14-29(15-13-27)34-19-18-32(21-36(34)39)26-8-10-28(11-9-26)33(23-42-3)24-43-37(41)25(2)22-40/h16-21,26-29,33,40H,2,4-15,22-24H2,1,3H3. The summed E-state index contributed by atoms with van der Waals surface area (Å²) in [7, 11) is 1.65. The number of hydrogen-bond donors (Lipinski definition) is 1. The molecule has 4 nitrogen and oxygen atoms in total. The SMILES string of the molecule is C=C(CO)C(=O)OCC(COC)C1CCC(c2ccc(C3CCC(c4ccc(CCCCC)c(F)c4)CC3)c(F)c2)CC1. The summed E-state index contributed by atoms with van der Waals surface area (Å²) in [6, 6.07) is 11.7. The maximum Gasteiger partial charge on any atom is 0.335 e. The number of hydrogen-bond acceptors (Lipinski definition) is 4. The molecule has 2 aromatic rings. The van der Waals surface area contributed by atoms with E-state index in [1.807, 2.05) is 12.1 Å². The number of esters is 1. The van der Waals surface area contributed by atoms with Crippen LogP contribution in [0.1, 0.15) is 118 Å². The zero-order chi connectivity index (χ0) is 30.8. The molecule has 0 radical (unpaired) electrons. The zero-order valence-corrected chi connectivity index (χ0v) is 26.1. The number of rotatable bonds is 14. The molecule has 4 rings (SSSR count). The van der Waals surface area contributed by atoms with Crippen molar-refractivity contribution < 1.29 is 28.2 Å². The molecule has 0 amide bonds. The van der Waals surface area contributed by atoms with Gasteiger partial charge in [-0.3, -0.25) is 0 Å². The van der Waals surface area contributed by atoms with Crippen molar-refractivity contribution in [1.29, 1.82) is 0 Å². The van der Waals surface area contributed by atoms with Gasteiger partial charge in [-0.2, -0.15) is 0 Å². The monoisotopic (exact) mass is 596 g/mol. The molecule has 236 valence electrons. The molecule has 2 fully saturated rings. The lowest BCUT2D eigenvalue weighted by Gasteiger charge is -2.34. The van der Waals surface area contributed by atoms with E-state index in [-0.39, 0.29) is 35.7 Å². The first-order chi connectivity index (χ1) is 20.8. The number of ether oxygens (including phenoxy) is 2. The topological polar surface area (TPSA) is 55.8 Å². The quantitative estimate of drug-likeness (QED) is 0.135. The van der Waals surface area contributed by atoms with Gasteiger partial charge in [0.2, 0.25) is 0 Å². The van der Waals surface area contributed by atoms with Gasteiger partial charge in [0.25, 0.3) is 0 Å². The van der Waals surface area contributed by atoms with Crippen LogP contribution in [0.25, 0.3) is 0 Å². The Morgan fingerprint density at radius 3 is 2.07 bits per heavy atom. The molecule has 1 unspecified atom stereocenters. The largest absolute Gasteiger partial charge is 0.462 e. The van der Waals surface area contributed by atoms with Crippen LogP contribution in [0.2, 0.25) is 0 Å². The highest BCUT2D eigenvalue weighted by molar-refractivity contribution is 5.87. The van der Waals surface area contributed by atoms with Gasteiger partial charge >= 0.3 is 5.97 Å². The van der Waals surface area contributed by atoms with Crippen LogP contribution in [-0.4, -0.2) is 38.0 Å². The lowest BCUT2D eigenvalue weighted by atomic mass is 9.73. The van der Waals surface area contributed by atoms with Crippen LogP contribution in [0.3, 0.4) is 0 Å². The minimum absolute atomic E-state index is 0.0524. The third-order valence-corrected chi connectivity index (χ3v) is 9.99. The van der Waals surface area contributed by atoms with Gasteiger partial charge in [-0.05, 0) is 122 Å². The second-order valence-electron chi connectivity index (χ2n) is 12.8. The fourth-order valence-corrected chi connectivity index (χ4v) is 7.26. The molecule has 0 aromatic heterocycles. The molecule has 1 atom stereocenters. The van der Waals surface area contributed by atoms with E-state index in [0.717, 1.165) is 99.3 Å². The summed E-state index contributed by atoms with van der Waals surface area (Å²) >= 11 is 0. The molecule has 0 heterocycles. The van der Waals surface area contributed by atoms with Gasteiger partial charge in [0.05, 0.1) is 25.4 Å². The van der Waals surface area contributed by atoms with Crippen molar-refractivity contribution in [1.82, 2.24) is 0 Å². The van der Waals surface area contributed by atoms with Gasteiger partial charge in [-0.15, -0.1) is 0 Å². The molecular formula is C37H50F2O4. The summed E-state index contributed by atoms with van der Waals surface area (Å²) in [6.07, 6.45) is 11.7. The highest BCUT2D eigenvalue weighted by atomic mass is 19.1. The highest BCUT2D eigenvalue weighted by Gasteiger charge is 2.31. The average Bonchev–Trinajstić information content (AvgIpc) is 3.03. The molecule has 0 saturated heterocycles. The molecule has 1 N–H and O–H groups in total. The Morgan fingerprint density at radius 1 is 0.884 bits per heavy atom. The van der Waals surface area contributed by atoms with Crippen molar-refractivity contribution in [2.75, 3.05) is 26.9 Å². The summed E-state index contributed by atoms with van der Waals surface area (Å²) in [5, 5.41) is 9.10. The summed E-state index contributed by atoms with van der Waals surface area (Å²) in [5.41, 5.74) is 3.85. The number of aliphatic hydroxyl groups is 1. The highest BCUT2D eigenvalue weighted by Crippen LogP contribution is 2.43. The first-order valence-corrected chi connectivity index (χ1v) is 16.4. The van der Waals surface area contributed by atoms with E-state index in [0.29, 0.717) is 24.4 Å². The average molecular weight is 597 g/mol. The van der Waals surface area contributed by atoms with Gasteiger partial charge in [0.1, 0.15) is 11.6 Å². The molecule has 43 heavy (non-hydrogen) atoms. The van der Waals surface area contributed by atoms with Crippen molar-refractivity contribution >= 4 is 5.97 Å². The van der Waals surface area contributed by atoms with Crippen molar-refractivity contribution in [2.45, 2.75) is 102 Å². The van der Waals surface area contributed by atoms with Crippen molar-refractivity contribution in [3.8, 4) is 0 Å². The van der Waals surface area contributed by atoms with E-state index in [4.69, 9.17) is 14.6 Å². The predicted octanol–water partition coefficient (Wildman–Crippen LogP) is 8.77. The molecule has 6 heteroatoms. The Hall–Kier alpha value is -2.57. The summed E-state index contributed by atoms with van der Waals surface area (Å²) in [4.78, 5) is 11.9. The van der Waals surface area contributed by atoms with Crippen LogP contribution in [0.15, 0.2) is 48.6 Å². The van der Waals surface area contributed by atoms with Crippen LogP contribution in [0, 0.1) is 23.5 Å². The lowest BCUT2D eigenvalue weighted by molar-refractivity contribution is -0.142. The van der Waals surface area contributed by atoms with Gasteiger partial charge in [0, 0.05) is 13.0 Å². The van der Waals surface area contributed by atoms with Gasteiger partial charge in [0.15, 0.2) is 0 Å². The van der Waals surface area contributed by atoms with Gasteiger partial charge in [-0.1, -0.05) is 50.6 Å². The van der Waals surface area contributed by atoms with Gasteiger partial charge in [-0.25, -0.2) is 13.6 Å². The molecule has 2 aliphatic rings. The zero-order valence-electron chi connectivity index (χ0n) is 26.1. The number of carbonyl (C=O) groups is 1. The lowest BCUT2D eigenvalue weighted by Crippen LogP contribution is -2.29. The maximum absolute atomic E-state index is 15.5. The van der Waals surface area contributed by atoms with Crippen LogP contribution in [0.5, 0.6) is 0 Å². The second-order valence-corrected chi connectivity index (χ2v) is 12.8. The van der Waals surface area contributed by atoms with Crippen LogP contribution in [0.4, 0.5) is 8.78 Å². The van der Waals surface area contributed by atoms with E-state index in [9.17, 15) is 9.18 Å². The molecule has 0 aliphatic heterocycles. The Balaban J connectivity index is 1.28. The maximum atomic E-state index is 15.5. The number of methoxy groups -OCH3 is 1. The Labute approximate surface area is 256 Å². The molecule has 0 spiro atoms. The predicted molar refractivity (Wildman–Crippen MR) is 167 cm³/mol. The molecule has 0 bridgehead atoms. The smallest absolute Gasteiger partial charge is 0.335 e. The fourth-order valence-electron chi connectivity index (χ4n) is 7.26. The normalized spacial score (nSPS) is 23.1. The van der Waals surface area contributed by atoms with Gasteiger partial charge < -0.3 is 14.6 Å². The number of benzene rings is 2. The summed E-state index contributed by atoms with van der Waals surface area (Å²) < 4.78 is 41.0. The van der Waals surface area contributed by atoms with E-state index < -0.39 is 12.6 Å². The summed E-state index contributed by atoms with van der Waals surface area (Å²) in [6.45, 7) is 6.02. The van der Waals surface area contributed by atoms with Crippen LogP contribution < -0.4 is 0 Å². The number of aliphatic hydroxyl groups excluding tert-OH is 1. The Morgan fingerprint density at radius 2 is 1.49 bits per heavy atom. The minimum Gasteiger partial charge on any atom is -0.462 e. The van der Waals surface area contributed by atoms with E-state index >= 15 is 4.39 Å². The second kappa shape index (κ2) is 16.5. The number of carbonyl (C=O) groups excluding carboxylic acids is 1. The summed E-state index contributed by atoms with van der Waals surface area (Å²) in [5.74, 6) is 0.558. The Bertz CT molecular complexity index is 1200. The third kappa shape index (κ3) is 8.98. The van der Waals surface area contributed by atoms with Crippen LogP contribution in [-0.2, 0) is 20.7 Å². The van der Waals surface area contributed by atoms with Crippen LogP contribution >= 0.6 is 0 Å². The fraction of sp³-hybridized carbons (Fsp3) is 0.595. The van der Waals surface area contributed by atoms with Crippen molar-refractivity contribution in [3.05, 3.63) is 82.4 Å². The number of aryl methyl sites for hydroxylation is 1. The molecule has 2 aromatic carbocycles. The first kappa shape index (κ1) is 33.3. The molecule has 2 aliphatic carbocycles. The minimum atomic E-state index is -0.568. The molecule has 2 saturated carbocycles. The van der Waals surface area contributed by atoms with Crippen molar-refractivity contribution in [3.63, 3.8) is 0 Å². The third-order valence-electron chi connectivity index (χ3n) is 9.99. The molecular weight excluding hydrogens is 546 g/mol. The first-order valence-electron chi connectivity index (χ1n) is 16.4. The Kier molecular flexibility index (Phi) is 12.8. The van der Waals surface area contributed by atoms with Crippen molar-refractivity contribution in [2.24, 2.45) is 11.8 Å². The van der Waals surface area contributed by atoms with E-state index in [1.165, 1.54) is 0 Å². The van der Waals surface area contributed by atoms with E-state index in [2.05, 4.69) is 25.6 Å². The van der Waals surface area contributed by atoms with E-state index in [1.54, 1.807) is 19.2 Å².